The first-order valence-corrected chi connectivity index (χ1v) is 24.0. The highest BCUT2D eigenvalue weighted by Gasteiger charge is 2.35. The Morgan fingerprint density at radius 2 is 1.35 bits per heavy atom. The zero-order valence-corrected chi connectivity index (χ0v) is 39.9. The predicted molar refractivity (Wildman–Crippen MR) is 263 cm³/mol. The number of ketones is 2. The second-order valence-electron chi connectivity index (χ2n) is 17.0. The number of nitrogens with zero attached hydrogens (tertiary/aromatic N) is 4. The number of nitro benzene ring substituents is 2. The molecule has 21 nitrogen and oxygen atoms in total. The monoisotopic (exact) mass is 997 g/mol. The number of nitro groups is 2. The van der Waals surface area contributed by atoms with E-state index in [9.17, 15) is 39.7 Å². The van der Waals surface area contributed by atoms with Gasteiger partial charge in [-0.25, -0.2) is 4.79 Å². The summed E-state index contributed by atoms with van der Waals surface area (Å²) in [6.07, 6.45) is 3.39. The first-order chi connectivity index (χ1) is 35.1. The highest BCUT2D eigenvalue weighted by Crippen LogP contribution is 2.47. The van der Waals surface area contributed by atoms with Gasteiger partial charge < -0.3 is 53.0 Å². The number of nitrogens with one attached hydrogen (secondary N) is 1. The smallest absolute Gasteiger partial charge is 0.335 e. The number of non-ortho nitro benzene ring substituents is 1. The molecule has 0 radical (unpaired) electrons. The Morgan fingerprint density at radius 1 is 0.736 bits per heavy atom. The van der Waals surface area contributed by atoms with E-state index >= 15 is 0 Å². The van der Waals surface area contributed by atoms with Gasteiger partial charge in [0.15, 0.2) is 11.5 Å². The first-order valence-electron chi connectivity index (χ1n) is 24.0. The summed E-state index contributed by atoms with van der Waals surface area (Å²) < 4.78 is 44.8. The lowest BCUT2D eigenvalue weighted by atomic mass is 9.85. The van der Waals surface area contributed by atoms with E-state index in [-0.39, 0.29) is 34.4 Å². The third-order valence-electron chi connectivity index (χ3n) is 12.1. The van der Waals surface area contributed by atoms with Gasteiger partial charge in [0, 0.05) is 67.1 Å². The lowest BCUT2D eigenvalue weighted by Gasteiger charge is -2.34. The van der Waals surface area contributed by atoms with Crippen molar-refractivity contribution in [1.29, 1.82) is 0 Å². The minimum Gasteiger partial charge on any atom is -0.478 e. The molecule has 0 unspecified atom stereocenters. The van der Waals surface area contributed by atoms with Crippen molar-refractivity contribution >= 4 is 56.9 Å². The molecule has 1 saturated heterocycles. The van der Waals surface area contributed by atoms with E-state index in [0.29, 0.717) is 182 Å². The van der Waals surface area contributed by atoms with Gasteiger partial charge in [-0.1, -0.05) is 35.5 Å². The molecule has 21 heteroatoms. The Hall–Kier alpha value is -6.72. The standard InChI is InChI=1S/C51H59N5O16/c57-45(13-6-18-66-20-22-68-24-26-70-28-30-71-29-27-69-25-23-67-21-19-65-17-5-9-35-14-15-39(55(61)62)32-43(35)56(63)64)37-8-4-16-54(34-37)44-33-42(52-38-10-3-7-36(31-38)51(59)60)46-47-48(44)53-72-50(47)41-12-2-1-11-40(41)49(46)58/h1-3,7,10-12,14-15,31-33,37,52H,4-6,8-9,13,16-30,34H2,(H,59,60)/t37-/m1/s1. The van der Waals surface area contributed by atoms with Crippen LogP contribution in [0.25, 0.3) is 22.2 Å². The van der Waals surface area contributed by atoms with Crippen molar-refractivity contribution in [3.8, 4) is 11.3 Å². The number of piperidine rings is 1. The molecule has 1 atom stereocenters. The third-order valence-corrected chi connectivity index (χ3v) is 12.1. The van der Waals surface area contributed by atoms with E-state index in [1.165, 1.54) is 24.3 Å². The Labute approximate surface area is 414 Å². The van der Waals surface area contributed by atoms with E-state index in [1.807, 2.05) is 18.2 Å². The Bertz CT molecular complexity index is 2660. The summed E-state index contributed by atoms with van der Waals surface area (Å²) in [6.45, 7) is 6.72. The molecule has 0 amide bonds. The number of aryl methyl sites for hydroxylation is 1. The summed E-state index contributed by atoms with van der Waals surface area (Å²) in [5.41, 5.74) is 3.74. The zero-order valence-electron chi connectivity index (χ0n) is 39.9. The van der Waals surface area contributed by atoms with Crippen molar-refractivity contribution in [3.63, 3.8) is 0 Å². The molecule has 5 aromatic rings. The maximum Gasteiger partial charge on any atom is 0.335 e. The lowest BCUT2D eigenvalue weighted by molar-refractivity contribution is -0.394. The van der Waals surface area contributed by atoms with Crippen LogP contribution in [-0.4, -0.2) is 143 Å². The summed E-state index contributed by atoms with van der Waals surface area (Å²) in [5.74, 6) is -0.810. The number of carboxylic acid groups (broad SMARTS) is 1. The van der Waals surface area contributed by atoms with Crippen LogP contribution in [0.4, 0.5) is 28.4 Å². The van der Waals surface area contributed by atoms with Crippen LogP contribution in [0, 0.1) is 26.1 Å². The van der Waals surface area contributed by atoms with Crippen molar-refractivity contribution < 1.29 is 67.0 Å². The average molecular weight is 998 g/mol. The minimum absolute atomic E-state index is 0.105. The highest BCUT2D eigenvalue weighted by atomic mass is 16.6. The Balaban J connectivity index is 0.702. The maximum atomic E-state index is 14.1. The van der Waals surface area contributed by atoms with E-state index in [1.54, 1.807) is 24.3 Å². The Morgan fingerprint density at radius 3 is 1.96 bits per heavy atom. The number of ether oxygens (including phenoxy) is 7. The maximum absolute atomic E-state index is 14.1. The number of rotatable bonds is 33. The molecule has 7 rings (SSSR count). The van der Waals surface area contributed by atoms with E-state index < -0.39 is 15.8 Å². The SMILES string of the molecule is O=C(O)c1cccc(Nc2cc(N3CCC[C@@H](C(=O)CCCOCCOCCOCCOCCOCCOCCOCCCc4ccc([N+](=O)[O-])cc4[N+](=O)[O-])C3)c3noc4c3c2C(=O)c2ccccc2-4)c1. The molecular formula is C51H59N5O16. The fourth-order valence-electron chi connectivity index (χ4n) is 8.61. The summed E-state index contributed by atoms with van der Waals surface area (Å²) in [7, 11) is 0. The highest BCUT2D eigenvalue weighted by molar-refractivity contribution is 6.29. The normalized spacial score (nSPS) is 14.1. The van der Waals surface area contributed by atoms with Crippen LogP contribution >= 0.6 is 0 Å². The largest absolute Gasteiger partial charge is 0.478 e. The molecule has 4 aromatic carbocycles. The molecular weight excluding hydrogens is 939 g/mol. The number of hydrogen-bond donors (Lipinski definition) is 2. The molecule has 0 bridgehead atoms. The number of aromatic nitrogens is 1. The first kappa shape index (κ1) is 53.1. The minimum atomic E-state index is -1.07. The third kappa shape index (κ3) is 14.5. The van der Waals surface area contributed by atoms with Crippen molar-refractivity contribution in [1.82, 2.24) is 5.16 Å². The molecule has 1 aliphatic heterocycles. The van der Waals surface area contributed by atoms with Gasteiger partial charge in [-0.15, -0.1) is 0 Å². The van der Waals surface area contributed by atoms with Gasteiger partial charge in [-0.05, 0) is 62.4 Å². The molecule has 2 N–H and O–H groups in total. The van der Waals surface area contributed by atoms with E-state index in [0.717, 1.165) is 24.6 Å². The molecule has 2 aliphatic rings. The van der Waals surface area contributed by atoms with Crippen molar-refractivity contribution in [2.24, 2.45) is 5.92 Å². The van der Waals surface area contributed by atoms with Gasteiger partial charge in [-0.2, -0.15) is 0 Å². The molecule has 2 heterocycles. The van der Waals surface area contributed by atoms with Crippen LogP contribution in [0.15, 0.2) is 77.3 Å². The second-order valence-corrected chi connectivity index (χ2v) is 17.0. The number of carbonyl (C=O) groups is 3. The number of carboxylic acids is 1. The van der Waals surface area contributed by atoms with E-state index in [4.69, 9.17) is 37.7 Å². The molecule has 1 aliphatic carbocycles. The summed E-state index contributed by atoms with van der Waals surface area (Å²) in [5, 5.41) is 40.2. The van der Waals surface area contributed by atoms with Gasteiger partial charge in [0.2, 0.25) is 0 Å². The molecule has 384 valence electrons. The van der Waals surface area contributed by atoms with Crippen LogP contribution in [0.3, 0.4) is 0 Å². The van der Waals surface area contributed by atoms with Gasteiger partial charge in [-0.3, -0.25) is 29.8 Å². The molecule has 1 aromatic heterocycles. The van der Waals surface area contributed by atoms with Gasteiger partial charge in [0.1, 0.15) is 11.3 Å². The van der Waals surface area contributed by atoms with Gasteiger partial charge in [0.05, 0.1) is 123 Å². The number of benzene rings is 4. The van der Waals surface area contributed by atoms with Gasteiger partial charge >= 0.3 is 5.97 Å². The predicted octanol–water partition coefficient (Wildman–Crippen LogP) is 7.61. The fourth-order valence-corrected chi connectivity index (χ4v) is 8.61. The van der Waals surface area contributed by atoms with Crippen LogP contribution < -0.4 is 10.2 Å². The molecule has 0 spiro atoms. The van der Waals surface area contributed by atoms with E-state index in [2.05, 4.69) is 15.4 Å². The van der Waals surface area contributed by atoms with Crippen molar-refractivity contribution in [2.75, 3.05) is 116 Å². The summed E-state index contributed by atoms with van der Waals surface area (Å²) in [4.78, 5) is 62.3. The van der Waals surface area contributed by atoms with Gasteiger partial charge in [0.25, 0.3) is 11.4 Å². The number of Topliss-reactive ketones (excluding diaryl/α,β-unsaturated/α-hetero) is 1. The van der Waals surface area contributed by atoms with Crippen molar-refractivity contribution in [3.05, 3.63) is 115 Å². The van der Waals surface area contributed by atoms with Crippen molar-refractivity contribution in [2.45, 2.75) is 38.5 Å². The number of carbonyl (C=O) groups excluding carboxylic acids is 2. The molecule has 1 fully saturated rings. The summed E-state index contributed by atoms with van der Waals surface area (Å²) in [6, 6.07) is 19.1. The quantitative estimate of drug-likeness (QED) is 0.0228. The van der Waals surface area contributed by atoms with Crippen LogP contribution in [0.2, 0.25) is 0 Å². The topological polar surface area (TPSA) is 264 Å². The van der Waals surface area contributed by atoms with Crippen LogP contribution in [0.5, 0.6) is 0 Å². The second kappa shape index (κ2) is 27.2. The zero-order chi connectivity index (χ0) is 50.7. The lowest BCUT2D eigenvalue weighted by Crippen LogP contribution is -2.39. The Kier molecular flexibility index (Phi) is 20.1. The van der Waals surface area contributed by atoms with Crippen LogP contribution in [0.1, 0.15) is 63.9 Å². The molecule has 0 saturated carbocycles. The number of anilines is 3. The van der Waals surface area contributed by atoms with Crippen LogP contribution in [-0.2, 0) is 44.4 Å². The fraction of sp³-hybridized carbons (Fsp3) is 0.451. The number of hydrogen-bond acceptors (Lipinski definition) is 18. The average Bonchev–Trinajstić information content (AvgIpc) is 3.83. The number of aromatic carboxylic acids is 1. The number of fused-ring (bicyclic) bond motifs is 2. The summed E-state index contributed by atoms with van der Waals surface area (Å²) >= 11 is 0. The molecule has 72 heavy (non-hydrogen) atoms.